The monoisotopic (exact) mass is 301 g/mol. The van der Waals surface area contributed by atoms with Crippen LogP contribution in [0.3, 0.4) is 0 Å². The van der Waals surface area contributed by atoms with Gasteiger partial charge >= 0.3 is 0 Å². The molecule has 0 bridgehead atoms. The van der Waals surface area contributed by atoms with Gasteiger partial charge in [-0.1, -0.05) is 13.8 Å². The highest BCUT2D eigenvalue weighted by molar-refractivity contribution is 5.92. The van der Waals surface area contributed by atoms with Crippen LogP contribution in [-0.4, -0.2) is 48.2 Å². The minimum absolute atomic E-state index is 0.263. The summed E-state index contributed by atoms with van der Waals surface area (Å²) in [5.41, 5.74) is 2.01. The van der Waals surface area contributed by atoms with E-state index in [1.807, 2.05) is 18.3 Å². The molecule has 0 aliphatic rings. The molecular weight excluding hydrogens is 274 g/mol. The minimum atomic E-state index is 0.263. The van der Waals surface area contributed by atoms with Crippen molar-refractivity contribution < 1.29 is 5.11 Å². The van der Waals surface area contributed by atoms with E-state index in [-0.39, 0.29) is 5.75 Å². The van der Waals surface area contributed by atoms with Crippen LogP contribution in [0.25, 0.3) is 10.9 Å². The third-order valence-corrected chi connectivity index (χ3v) is 4.23. The summed E-state index contributed by atoms with van der Waals surface area (Å²) in [7, 11) is 2.12. The van der Waals surface area contributed by atoms with Crippen LogP contribution in [0.5, 0.6) is 5.75 Å². The smallest absolute Gasteiger partial charge is 0.117 e. The van der Waals surface area contributed by atoms with E-state index in [9.17, 15) is 5.11 Å². The highest BCUT2D eigenvalue weighted by Crippen LogP contribution is 2.27. The van der Waals surface area contributed by atoms with Gasteiger partial charge in [0.25, 0.3) is 0 Å². The second-order valence-electron chi connectivity index (χ2n) is 5.69. The van der Waals surface area contributed by atoms with Gasteiger partial charge in [0.15, 0.2) is 0 Å². The third kappa shape index (κ3) is 4.10. The zero-order chi connectivity index (χ0) is 15.9. The van der Waals surface area contributed by atoms with Crippen molar-refractivity contribution in [2.24, 2.45) is 0 Å². The van der Waals surface area contributed by atoms with Crippen molar-refractivity contribution in [2.45, 2.75) is 26.7 Å². The average molecular weight is 301 g/mol. The number of nitrogens with zero attached hydrogens (tertiary/aromatic N) is 3. The Bertz CT molecular complexity index is 596. The van der Waals surface area contributed by atoms with Gasteiger partial charge in [-0.25, -0.2) is 0 Å². The maximum atomic E-state index is 9.57. The van der Waals surface area contributed by atoms with Crippen LogP contribution in [0.15, 0.2) is 30.5 Å². The van der Waals surface area contributed by atoms with Crippen molar-refractivity contribution in [2.75, 3.05) is 38.1 Å². The van der Waals surface area contributed by atoms with Crippen LogP contribution in [0.4, 0.5) is 5.69 Å². The van der Waals surface area contributed by atoms with Gasteiger partial charge in [0, 0.05) is 36.9 Å². The minimum Gasteiger partial charge on any atom is -0.508 e. The van der Waals surface area contributed by atoms with E-state index in [0.717, 1.165) is 30.5 Å². The molecule has 0 amide bonds. The summed E-state index contributed by atoms with van der Waals surface area (Å²) >= 11 is 0. The highest BCUT2D eigenvalue weighted by atomic mass is 16.3. The van der Waals surface area contributed by atoms with Gasteiger partial charge in [-0.05, 0) is 50.7 Å². The number of rotatable bonds is 8. The van der Waals surface area contributed by atoms with E-state index in [1.165, 1.54) is 25.1 Å². The van der Waals surface area contributed by atoms with Crippen LogP contribution >= 0.6 is 0 Å². The van der Waals surface area contributed by atoms with Crippen molar-refractivity contribution in [3.63, 3.8) is 0 Å². The van der Waals surface area contributed by atoms with E-state index in [2.05, 4.69) is 35.7 Å². The van der Waals surface area contributed by atoms with E-state index >= 15 is 0 Å². The average Bonchev–Trinajstić information content (AvgIpc) is 2.54. The summed E-state index contributed by atoms with van der Waals surface area (Å²) in [4.78, 5) is 9.08. The van der Waals surface area contributed by atoms with E-state index in [0.29, 0.717) is 0 Å². The summed E-state index contributed by atoms with van der Waals surface area (Å²) < 4.78 is 0. The molecule has 0 radical (unpaired) electrons. The van der Waals surface area contributed by atoms with Gasteiger partial charge in [-0.15, -0.1) is 0 Å². The number of phenolic OH excluding ortho intramolecular Hbond substituents is 1. The Kier molecular flexibility index (Phi) is 6.01. The lowest BCUT2D eigenvalue weighted by atomic mass is 10.1. The Labute approximate surface area is 133 Å². The molecule has 1 N–H and O–H groups in total. The summed E-state index contributed by atoms with van der Waals surface area (Å²) in [6.07, 6.45) is 4.20. The molecule has 2 aromatic rings. The Morgan fingerprint density at radius 1 is 1.05 bits per heavy atom. The normalized spacial score (nSPS) is 11.3. The van der Waals surface area contributed by atoms with Crippen molar-refractivity contribution in [1.82, 2.24) is 9.88 Å². The maximum absolute atomic E-state index is 9.57. The first kappa shape index (κ1) is 16.6. The van der Waals surface area contributed by atoms with E-state index < -0.39 is 0 Å². The molecule has 0 atom stereocenters. The van der Waals surface area contributed by atoms with Crippen LogP contribution in [0, 0.1) is 0 Å². The lowest BCUT2D eigenvalue weighted by Crippen LogP contribution is -2.25. The fourth-order valence-electron chi connectivity index (χ4n) is 2.80. The Morgan fingerprint density at radius 2 is 1.77 bits per heavy atom. The molecule has 0 unspecified atom stereocenters. The quantitative estimate of drug-likeness (QED) is 0.758. The van der Waals surface area contributed by atoms with Gasteiger partial charge in [0.1, 0.15) is 5.75 Å². The van der Waals surface area contributed by atoms with Gasteiger partial charge in [-0.3, -0.25) is 4.98 Å². The fraction of sp³-hybridized carbons (Fsp3) is 0.500. The number of benzene rings is 1. The third-order valence-electron chi connectivity index (χ3n) is 4.23. The number of hydrogen-bond acceptors (Lipinski definition) is 4. The molecule has 0 aliphatic heterocycles. The summed E-state index contributed by atoms with van der Waals surface area (Å²) in [5.74, 6) is 0.263. The van der Waals surface area contributed by atoms with Gasteiger partial charge < -0.3 is 14.9 Å². The number of anilines is 1. The van der Waals surface area contributed by atoms with Crippen molar-refractivity contribution in [1.29, 1.82) is 0 Å². The van der Waals surface area contributed by atoms with Gasteiger partial charge in [0.05, 0.1) is 5.52 Å². The number of phenols is 1. The van der Waals surface area contributed by atoms with Crippen molar-refractivity contribution >= 4 is 16.6 Å². The van der Waals surface area contributed by atoms with E-state index in [4.69, 9.17) is 0 Å². The molecule has 120 valence electrons. The molecule has 0 saturated carbocycles. The Balaban J connectivity index is 1.97. The van der Waals surface area contributed by atoms with Crippen LogP contribution in [-0.2, 0) is 0 Å². The second-order valence-corrected chi connectivity index (χ2v) is 5.69. The molecule has 4 heteroatoms. The molecule has 4 nitrogen and oxygen atoms in total. The molecule has 0 fully saturated rings. The zero-order valence-electron chi connectivity index (χ0n) is 13.9. The molecule has 1 aromatic carbocycles. The Hall–Kier alpha value is -1.81. The van der Waals surface area contributed by atoms with Gasteiger partial charge in [-0.2, -0.15) is 0 Å². The summed E-state index contributed by atoms with van der Waals surface area (Å²) in [6.45, 7) is 8.89. The maximum Gasteiger partial charge on any atom is 0.117 e. The highest BCUT2D eigenvalue weighted by Gasteiger charge is 2.07. The van der Waals surface area contributed by atoms with Crippen molar-refractivity contribution in [3.05, 3.63) is 30.5 Å². The molecule has 0 spiro atoms. The zero-order valence-corrected chi connectivity index (χ0v) is 13.9. The number of fused-ring (bicyclic) bond motifs is 1. The molecule has 0 saturated heterocycles. The number of pyridine rings is 1. The molecule has 0 aliphatic carbocycles. The largest absolute Gasteiger partial charge is 0.508 e. The first-order valence-corrected chi connectivity index (χ1v) is 8.17. The molecule has 1 heterocycles. The topological polar surface area (TPSA) is 39.6 Å². The molecule has 2 rings (SSSR count). The standard InChI is InChI=1S/C18H27N3O/c1-4-21(5-2)13-7-6-12-20(3)18-10-11-19-17-14-15(22)8-9-16(17)18/h8-11,14,22H,4-7,12-13H2,1-3H3. The van der Waals surface area contributed by atoms with Gasteiger partial charge in [0.2, 0.25) is 0 Å². The van der Waals surface area contributed by atoms with Crippen LogP contribution < -0.4 is 4.90 Å². The summed E-state index contributed by atoms with van der Waals surface area (Å²) in [5, 5.41) is 10.7. The number of hydrogen-bond donors (Lipinski definition) is 1. The SMILES string of the molecule is CCN(CC)CCCCN(C)c1ccnc2cc(O)ccc12. The first-order valence-electron chi connectivity index (χ1n) is 8.17. The first-order chi connectivity index (χ1) is 10.7. The van der Waals surface area contributed by atoms with Crippen LogP contribution in [0.1, 0.15) is 26.7 Å². The number of aromatic nitrogens is 1. The lowest BCUT2D eigenvalue weighted by molar-refractivity contribution is 0.297. The molecule has 22 heavy (non-hydrogen) atoms. The number of aromatic hydroxyl groups is 1. The van der Waals surface area contributed by atoms with Crippen LogP contribution in [0.2, 0.25) is 0 Å². The molecule has 1 aromatic heterocycles. The fourth-order valence-corrected chi connectivity index (χ4v) is 2.80. The predicted octanol–water partition coefficient (Wildman–Crippen LogP) is 3.50. The summed E-state index contributed by atoms with van der Waals surface area (Å²) in [6, 6.07) is 7.43. The Morgan fingerprint density at radius 3 is 2.50 bits per heavy atom. The molecular formula is C18H27N3O. The van der Waals surface area contributed by atoms with E-state index in [1.54, 1.807) is 12.1 Å². The lowest BCUT2D eigenvalue weighted by Gasteiger charge is -2.22. The van der Waals surface area contributed by atoms with Crippen molar-refractivity contribution in [3.8, 4) is 5.75 Å². The second kappa shape index (κ2) is 7.99. The number of unbranched alkanes of at least 4 members (excludes halogenated alkanes) is 1. The predicted molar refractivity (Wildman–Crippen MR) is 93.7 cm³/mol.